The molecular formula is C23H26N4O2. The summed E-state index contributed by atoms with van der Waals surface area (Å²) in [6.07, 6.45) is 4.63. The molecule has 4 rings (SSSR count). The zero-order chi connectivity index (χ0) is 20.2. The first-order valence-corrected chi connectivity index (χ1v) is 9.82. The fourth-order valence-electron chi connectivity index (χ4n) is 3.73. The van der Waals surface area contributed by atoms with Crippen LogP contribution in [0.2, 0.25) is 0 Å². The van der Waals surface area contributed by atoms with Crippen molar-refractivity contribution in [2.75, 3.05) is 30.5 Å². The number of ether oxygens (including phenoxy) is 2. The Morgan fingerprint density at radius 2 is 2.17 bits per heavy atom. The summed E-state index contributed by atoms with van der Waals surface area (Å²) in [5, 5.41) is 10.5. The Morgan fingerprint density at radius 3 is 2.93 bits per heavy atom. The summed E-state index contributed by atoms with van der Waals surface area (Å²) < 4.78 is 11.2. The van der Waals surface area contributed by atoms with Crippen LogP contribution in [0.3, 0.4) is 0 Å². The summed E-state index contributed by atoms with van der Waals surface area (Å²) in [5.41, 5.74) is 5.17. The highest BCUT2D eigenvalue weighted by Gasteiger charge is 2.28. The molecule has 1 saturated heterocycles. The van der Waals surface area contributed by atoms with Crippen molar-refractivity contribution in [1.29, 1.82) is 0 Å². The van der Waals surface area contributed by atoms with Gasteiger partial charge in [-0.3, -0.25) is 5.10 Å². The third kappa shape index (κ3) is 3.92. The van der Waals surface area contributed by atoms with Crippen molar-refractivity contribution in [3.63, 3.8) is 0 Å². The Morgan fingerprint density at radius 1 is 1.28 bits per heavy atom. The van der Waals surface area contributed by atoms with E-state index in [9.17, 15) is 0 Å². The Bertz CT molecular complexity index is 984. The van der Waals surface area contributed by atoms with Gasteiger partial charge in [-0.05, 0) is 37.6 Å². The molecule has 0 bridgehead atoms. The van der Waals surface area contributed by atoms with Gasteiger partial charge in [0.1, 0.15) is 11.5 Å². The van der Waals surface area contributed by atoms with E-state index < -0.39 is 0 Å². The Kier molecular flexibility index (Phi) is 5.42. The number of anilines is 2. The van der Waals surface area contributed by atoms with E-state index in [1.165, 1.54) is 0 Å². The zero-order valence-electron chi connectivity index (χ0n) is 16.8. The van der Waals surface area contributed by atoms with Crippen molar-refractivity contribution in [2.24, 2.45) is 0 Å². The van der Waals surface area contributed by atoms with Crippen LogP contribution in [-0.2, 0) is 0 Å². The molecule has 2 aromatic carbocycles. The van der Waals surface area contributed by atoms with E-state index in [0.29, 0.717) is 6.61 Å². The first kappa shape index (κ1) is 18.9. The molecule has 3 aromatic rings. The number of hydrogen-bond acceptors (Lipinski definition) is 5. The van der Waals surface area contributed by atoms with Crippen molar-refractivity contribution in [1.82, 2.24) is 10.2 Å². The molecule has 0 amide bonds. The molecule has 0 radical (unpaired) electrons. The lowest BCUT2D eigenvalue weighted by Crippen LogP contribution is -2.22. The molecule has 1 fully saturated rings. The highest BCUT2D eigenvalue weighted by Crippen LogP contribution is 2.37. The average Bonchev–Trinajstić information content (AvgIpc) is 3.39. The fourth-order valence-corrected chi connectivity index (χ4v) is 3.73. The Hall–Kier alpha value is -3.41. The second-order valence-electron chi connectivity index (χ2n) is 6.96. The van der Waals surface area contributed by atoms with E-state index in [-0.39, 0.29) is 6.04 Å². The lowest BCUT2D eigenvalue weighted by molar-refractivity contribution is 0.340. The number of benzene rings is 2. The van der Waals surface area contributed by atoms with Crippen LogP contribution in [-0.4, -0.2) is 36.5 Å². The van der Waals surface area contributed by atoms with Crippen LogP contribution in [0, 0.1) is 0 Å². The summed E-state index contributed by atoms with van der Waals surface area (Å²) in [6, 6.07) is 14.5. The van der Waals surface area contributed by atoms with Crippen molar-refractivity contribution in [3.05, 3.63) is 67.1 Å². The molecule has 29 heavy (non-hydrogen) atoms. The van der Waals surface area contributed by atoms with Crippen LogP contribution in [0.4, 0.5) is 11.4 Å². The minimum absolute atomic E-state index is 0.173. The number of nitrogens with one attached hydrogen (secondary N) is 2. The molecule has 0 saturated carbocycles. The largest absolute Gasteiger partial charge is 0.496 e. The number of rotatable bonds is 7. The molecule has 1 aliphatic heterocycles. The van der Waals surface area contributed by atoms with Gasteiger partial charge in [0.2, 0.25) is 0 Å². The summed E-state index contributed by atoms with van der Waals surface area (Å²) in [7, 11) is 1.69. The maximum Gasteiger partial charge on any atom is 0.128 e. The van der Waals surface area contributed by atoms with Crippen LogP contribution in [0.15, 0.2) is 67.1 Å². The summed E-state index contributed by atoms with van der Waals surface area (Å²) in [5.74, 6) is 1.69. The summed E-state index contributed by atoms with van der Waals surface area (Å²) >= 11 is 0. The molecule has 150 valence electrons. The molecule has 1 unspecified atom stereocenters. The van der Waals surface area contributed by atoms with E-state index in [0.717, 1.165) is 52.7 Å². The lowest BCUT2D eigenvalue weighted by atomic mass is 10.1. The van der Waals surface area contributed by atoms with Crippen LogP contribution < -0.4 is 19.7 Å². The third-order valence-electron chi connectivity index (χ3n) is 5.18. The van der Waals surface area contributed by atoms with Crippen LogP contribution in [0.1, 0.15) is 13.3 Å². The fraction of sp³-hybridized carbons (Fsp3) is 0.261. The molecule has 6 heteroatoms. The minimum atomic E-state index is 0.173. The summed E-state index contributed by atoms with van der Waals surface area (Å²) in [4.78, 5) is 2.24. The van der Waals surface area contributed by atoms with E-state index in [1.807, 2.05) is 31.3 Å². The SMILES string of the molecule is C=C1C(Nc2cccc(OCC)c2)CCN1c1ccc(-c2cn[nH]c2)c(OC)c1. The predicted molar refractivity (Wildman–Crippen MR) is 117 cm³/mol. The van der Waals surface area contributed by atoms with Gasteiger partial charge in [0.15, 0.2) is 0 Å². The smallest absolute Gasteiger partial charge is 0.128 e. The molecule has 1 atom stereocenters. The molecule has 2 N–H and O–H groups in total. The van der Waals surface area contributed by atoms with Gasteiger partial charge >= 0.3 is 0 Å². The Labute approximate surface area is 171 Å². The lowest BCUT2D eigenvalue weighted by Gasteiger charge is -2.23. The van der Waals surface area contributed by atoms with Gasteiger partial charge in [0, 0.05) is 53.1 Å². The van der Waals surface area contributed by atoms with Gasteiger partial charge in [-0.15, -0.1) is 0 Å². The molecule has 6 nitrogen and oxygen atoms in total. The molecule has 1 aliphatic rings. The first-order chi connectivity index (χ1) is 14.2. The van der Waals surface area contributed by atoms with E-state index in [4.69, 9.17) is 9.47 Å². The topological polar surface area (TPSA) is 62.4 Å². The maximum absolute atomic E-state index is 5.64. The van der Waals surface area contributed by atoms with E-state index in [2.05, 4.69) is 51.3 Å². The standard InChI is InChI=1S/C23H26N4O2/c1-4-29-20-7-5-6-18(12-20)26-22-10-11-27(16(22)2)19-8-9-21(23(13-19)28-3)17-14-24-25-15-17/h5-9,12-15,22,26H,2,4,10-11H2,1,3H3,(H,24,25). The van der Waals surface area contributed by atoms with Gasteiger partial charge in [0.25, 0.3) is 0 Å². The Balaban J connectivity index is 1.51. The highest BCUT2D eigenvalue weighted by molar-refractivity contribution is 5.74. The number of aromatic nitrogens is 2. The number of methoxy groups -OCH3 is 1. The predicted octanol–water partition coefficient (Wildman–Crippen LogP) is 4.69. The molecule has 2 heterocycles. The normalized spacial score (nSPS) is 16.1. The number of aromatic amines is 1. The van der Waals surface area contributed by atoms with Gasteiger partial charge in [-0.1, -0.05) is 12.6 Å². The van der Waals surface area contributed by atoms with Crippen molar-refractivity contribution in [2.45, 2.75) is 19.4 Å². The summed E-state index contributed by atoms with van der Waals surface area (Å²) in [6.45, 7) is 7.90. The monoisotopic (exact) mass is 390 g/mol. The molecule has 0 spiro atoms. The van der Waals surface area contributed by atoms with Gasteiger partial charge in [-0.25, -0.2) is 0 Å². The number of H-pyrrole nitrogens is 1. The van der Waals surface area contributed by atoms with Crippen LogP contribution >= 0.6 is 0 Å². The van der Waals surface area contributed by atoms with Crippen molar-refractivity contribution < 1.29 is 9.47 Å². The minimum Gasteiger partial charge on any atom is -0.496 e. The first-order valence-electron chi connectivity index (χ1n) is 9.82. The van der Waals surface area contributed by atoms with E-state index in [1.54, 1.807) is 13.3 Å². The van der Waals surface area contributed by atoms with Crippen LogP contribution in [0.25, 0.3) is 11.1 Å². The molecule has 1 aromatic heterocycles. The average molecular weight is 390 g/mol. The van der Waals surface area contributed by atoms with Crippen molar-refractivity contribution in [3.8, 4) is 22.6 Å². The second-order valence-corrected chi connectivity index (χ2v) is 6.96. The maximum atomic E-state index is 5.64. The number of nitrogens with zero attached hydrogens (tertiary/aromatic N) is 2. The van der Waals surface area contributed by atoms with Crippen molar-refractivity contribution >= 4 is 11.4 Å². The van der Waals surface area contributed by atoms with Gasteiger partial charge in [-0.2, -0.15) is 5.10 Å². The molecular weight excluding hydrogens is 364 g/mol. The van der Waals surface area contributed by atoms with E-state index >= 15 is 0 Å². The zero-order valence-corrected chi connectivity index (χ0v) is 16.8. The number of hydrogen-bond donors (Lipinski definition) is 2. The highest BCUT2D eigenvalue weighted by atomic mass is 16.5. The third-order valence-corrected chi connectivity index (χ3v) is 5.18. The van der Waals surface area contributed by atoms with Crippen LogP contribution in [0.5, 0.6) is 11.5 Å². The van der Waals surface area contributed by atoms with Gasteiger partial charge < -0.3 is 19.7 Å². The second kappa shape index (κ2) is 8.31. The van der Waals surface area contributed by atoms with Gasteiger partial charge in [0.05, 0.1) is 26.0 Å². The quantitative estimate of drug-likeness (QED) is 0.613. The molecule has 0 aliphatic carbocycles.